The molecule has 4 heteroatoms. The van der Waals surface area contributed by atoms with Crippen molar-refractivity contribution >= 4 is 13.6 Å². The van der Waals surface area contributed by atoms with E-state index in [4.69, 9.17) is 4.74 Å². The van der Waals surface area contributed by atoms with E-state index >= 15 is 0 Å². The quantitative estimate of drug-likeness (QED) is 0.614. The first kappa shape index (κ1) is 14.2. The van der Waals surface area contributed by atoms with E-state index in [2.05, 4.69) is 19.7 Å². The van der Waals surface area contributed by atoms with Crippen LogP contribution in [0, 0.1) is 11.9 Å². The van der Waals surface area contributed by atoms with Gasteiger partial charge in [0.05, 0.1) is 6.10 Å². The number of halogens is 2. The van der Waals surface area contributed by atoms with Crippen molar-refractivity contribution < 1.29 is 25.5 Å². The third-order valence-electron chi connectivity index (χ3n) is 1.40. The minimum atomic E-state index is -0.240. The third kappa shape index (κ3) is 6.64. The first-order valence-corrected chi connectivity index (χ1v) is 11.2. The predicted molar refractivity (Wildman–Crippen MR) is 54.1 cm³/mol. The van der Waals surface area contributed by atoms with Crippen LogP contribution < -0.4 is 0 Å². The van der Waals surface area contributed by atoms with Gasteiger partial charge in [-0.3, -0.25) is 0 Å². The molecule has 0 fully saturated rings. The second-order valence-electron chi connectivity index (χ2n) is 2.89. The summed E-state index contributed by atoms with van der Waals surface area (Å²) in [5.74, 6) is -0.240. The molecule has 0 aliphatic rings. The summed E-state index contributed by atoms with van der Waals surface area (Å²) in [6.45, 7) is 4.31. The van der Waals surface area contributed by atoms with Gasteiger partial charge in [0.25, 0.3) is 0 Å². The predicted octanol–water partition coefficient (Wildman–Crippen LogP) is 3.39. The second-order valence-corrected chi connectivity index (χ2v) is 2.89. The third-order valence-corrected chi connectivity index (χ3v) is 1.40. The molecule has 0 bridgehead atoms. The van der Waals surface area contributed by atoms with Gasteiger partial charge < -0.3 is 4.74 Å². The minimum absolute atomic E-state index is 0.168. The number of benzene rings is 1. The van der Waals surface area contributed by atoms with Crippen molar-refractivity contribution in [2.45, 2.75) is 26.6 Å². The van der Waals surface area contributed by atoms with E-state index in [1.165, 1.54) is 28.5 Å². The zero-order valence-corrected chi connectivity index (χ0v) is 12.9. The Hall–Kier alpha value is 0.213. The van der Waals surface area contributed by atoms with Gasteiger partial charge in [0, 0.05) is 12.4 Å². The Bertz CT molecular complexity index is 256. The topological polar surface area (TPSA) is 9.23 Å². The fourth-order valence-corrected chi connectivity index (χ4v) is 0.824. The van der Waals surface area contributed by atoms with Crippen molar-refractivity contribution in [2.24, 2.45) is 0 Å². The molecule has 0 N–H and O–H groups in total. The van der Waals surface area contributed by atoms with E-state index in [-0.39, 0.29) is 11.9 Å². The Balaban J connectivity index is 0.000000791. The fourth-order valence-electron chi connectivity index (χ4n) is 0.824. The van der Waals surface area contributed by atoms with Crippen molar-refractivity contribution in [2.75, 3.05) is 0 Å². The summed E-state index contributed by atoms with van der Waals surface area (Å²) < 4.78 is 17.9. The van der Waals surface area contributed by atoms with E-state index in [0.29, 0.717) is 6.61 Å². The molecule has 1 aromatic carbocycles. The Kier molecular flexibility index (Phi) is 8.65. The maximum absolute atomic E-state index is 12.6. The second kappa shape index (κ2) is 8.52. The van der Waals surface area contributed by atoms with Crippen molar-refractivity contribution in [3.05, 3.63) is 35.6 Å². The summed E-state index contributed by atoms with van der Waals surface area (Å²) in [5, 5.41) is 0. The van der Waals surface area contributed by atoms with Crippen molar-refractivity contribution in [1.82, 2.24) is 0 Å². The van der Waals surface area contributed by atoms with Crippen molar-refractivity contribution in [3.63, 3.8) is 0 Å². The van der Waals surface area contributed by atoms with Gasteiger partial charge in [-0.15, -0.1) is 17.7 Å². The van der Waals surface area contributed by atoms with Crippen LogP contribution >= 0.6 is 13.6 Å². The van der Waals surface area contributed by atoms with Crippen molar-refractivity contribution in [3.8, 4) is 0 Å². The average Bonchev–Trinajstić information content (AvgIpc) is 2.18. The molecule has 0 heterocycles. The molecule has 0 spiro atoms. The van der Waals surface area contributed by atoms with Gasteiger partial charge in [0.2, 0.25) is 0 Å². The zero-order chi connectivity index (χ0) is 11.0. The summed E-state index contributed by atoms with van der Waals surface area (Å²) in [7, 11) is 0. The van der Waals surface area contributed by atoms with Crippen LogP contribution in [0.15, 0.2) is 18.2 Å². The molecule has 0 saturated carbocycles. The molecule has 0 unspecified atom stereocenters. The average molecular weight is 312 g/mol. The molecule has 0 aromatic heterocycles. The van der Waals surface area contributed by atoms with Crippen LogP contribution in [0.1, 0.15) is 19.4 Å². The molecule has 0 saturated heterocycles. The molecule has 1 nitrogen and oxygen atoms in total. The van der Waals surface area contributed by atoms with Crippen LogP contribution in [-0.4, -0.2) is 6.10 Å². The Morgan fingerprint density at radius 3 is 2.71 bits per heavy atom. The zero-order valence-electron chi connectivity index (χ0n) is 8.39. The molecule has 0 atom stereocenters. The maximum atomic E-state index is 12.6. The van der Waals surface area contributed by atoms with Gasteiger partial charge in [-0.2, -0.15) is 12.1 Å². The summed E-state index contributed by atoms with van der Waals surface area (Å²) >= 11 is 4.25. The molecule has 1 aromatic rings. The van der Waals surface area contributed by atoms with Crippen LogP contribution in [0.25, 0.3) is 0 Å². The van der Waals surface area contributed by atoms with E-state index in [0.717, 1.165) is 5.56 Å². The first-order valence-electron chi connectivity index (χ1n) is 4.23. The van der Waals surface area contributed by atoms with Gasteiger partial charge in [0.1, 0.15) is 0 Å². The summed E-state index contributed by atoms with van der Waals surface area (Å²) in [6.07, 6.45) is 0.168. The molecular weight excluding hydrogens is 300 g/mol. The Morgan fingerprint density at radius 2 is 2.21 bits per heavy atom. The van der Waals surface area contributed by atoms with E-state index in [1.54, 1.807) is 6.07 Å². The van der Waals surface area contributed by atoms with Gasteiger partial charge in [-0.1, -0.05) is 0 Å². The number of ether oxygens (including phenoxy) is 1. The molecule has 0 radical (unpaired) electrons. The van der Waals surface area contributed by atoms with Gasteiger partial charge >= 0.3 is 30.0 Å². The molecule has 74 valence electrons. The molecule has 0 amide bonds. The number of rotatable bonds is 3. The fraction of sp³-hybridized carbons (Fsp3) is 0.400. The van der Waals surface area contributed by atoms with Crippen molar-refractivity contribution in [1.29, 1.82) is 0 Å². The summed E-state index contributed by atoms with van der Waals surface area (Å²) in [5.41, 5.74) is 0.753. The van der Waals surface area contributed by atoms with Crippen LogP contribution in [-0.2, 0) is 27.7 Å². The van der Waals surface area contributed by atoms with E-state index in [9.17, 15) is 4.39 Å². The number of hydrogen-bond donors (Lipinski definition) is 0. The van der Waals surface area contributed by atoms with Gasteiger partial charge in [-0.05, 0) is 13.8 Å². The van der Waals surface area contributed by atoms with Crippen LogP contribution in [0.5, 0.6) is 0 Å². The normalized spacial score (nSPS) is 9.64. The van der Waals surface area contributed by atoms with Crippen LogP contribution in [0.2, 0.25) is 0 Å². The van der Waals surface area contributed by atoms with Gasteiger partial charge in [-0.25, -0.2) is 4.39 Å². The Labute approximate surface area is 101 Å². The van der Waals surface area contributed by atoms with E-state index < -0.39 is 0 Å². The summed E-state index contributed by atoms with van der Waals surface area (Å²) in [6, 6.07) is 7.27. The SMILES string of the molecule is CC(C)OCc1[c-]ccc(F)c1.[Zn+][Br]. The summed E-state index contributed by atoms with van der Waals surface area (Å²) in [4.78, 5) is 0. The molecular formula is C10H12BrFOZn. The molecule has 1 rings (SSSR count). The molecule has 14 heavy (non-hydrogen) atoms. The van der Waals surface area contributed by atoms with Gasteiger partial charge in [0.15, 0.2) is 0 Å². The van der Waals surface area contributed by atoms with Crippen LogP contribution in [0.4, 0.5) is 4.39 Å². The van der Waals surface area contributed by atoms with Crippen LogP contribution in [0.3, 0.4) is 0 Å². The number of hydrogen-bond acceptors (Lipinski definition) is 1. The monoisotopic (exact) mass is 310 g/mol. The Morgan fingerprint density at radius 1 is 1.57 bits per heavy atom. The molecule has 0 aliphatic heterocycles. The van der Waals surface area contributed by atoms with E-state index in [1.807, 2.05) is 13.8 Å². The first-order chi connectivity index (χ1) is 6.68. The standard InChI is InChI=1S/C10H12FO.BrH.Zn/c1-8(2)12-7-9-4-3-5-10(11)6-9;;/h3,5-6,8H,7H2,1-2H3;1H;/q-1;;+2/p-1. The molecule has 0 aliphatic carbocycles.